The van der Waals surface area contributed by atoms with Gasteiger partial charge in [-0.2, -0.15) is 0 Å². The minimum atomic E-state index is -0.00496. The standard InChI is InChI=1S/C20H27N5O/c1-14(2)24-10-12-25(13-11-24)16-8-6-15(7-9-16)21-20-22-18-5-3-4-17(18)19(26)23-20/h6-9,14H,3-5,10-13H2,1-2H3,(H2,21,22,23,26). The Kier molecular flexibility index (Phi) is 4.68. The summed E-state index contributed by atoms with van der Waals surface area (Å²) < 4.78 is 0. The average molecular weight is 353 g/mol. The number of nitrogens with zero attached hydrogens (tertiary/aromatic N) is 3. The lowest BCUT2D eigenvalue weighted by Gasteiger charge is -2.38. The molecule has 4 rings (SSSR count). The fourth-order valence-electron chi connectivity index (χ4n) is 3.89. The van der Waals surface area contributed by atoms with E-state index < -0.39 is 0 Å². The van der Waals surface area contributed by atoms with Crippen LogP contribution in [0.5, 0.6) is 0 Å². The normalized spacial score (nSPS) is 17.6. The predicted molar refractivity (Wildman–Crippen MR) is 106 cm³/mol. The van der Waals surface area contributed by atoms with E-state index in [2.05, 4.69) is 63.2 Å². The molecule has 0 bridgehead atoms. The van der Waals surface area contributed by atoms with Gasteiger partial charge < -0.3 is 10.2 Å². The third-order valence-electron chi connectivity index (χ3n) is 5.48. The number of aryl methyl sites for hydroxylation is 1. The van der Waals surface area contributed by atoms with Crippen molar-refractivity contribution in [2.24, 2.45) is 0 Å². The second-order valence-electron chi connectivity index (χ2n) is 7.48. The van der Waals surface area contributed by atoms with Gasteiger partial charge in [0.2, 0.25) is 5.95 Å². The fourth-order valence-corrected chi connectivity index (χ4v) is 3.89. The van der Waals surface area contributed by atoms with Crippen LogP contribution in [0.15, 0.2) is 29.1 Å². The first-order chi connectivity index (χ1) is 12.6. The van der Waals surface area contributed by atoms with Gasteiger partial charge in [-0.25, -0.2) is 4.98 Å². The molecule has 1 fully saturated rings. The Morgan fingerprint density at radius 3 is 2.50 bits per heavy atom. The first kappa shape index (κ1) is 17.1. The Balaban J connectivity index is 1.42. The molecule has 0 unspecified atom stereocenters. The Hall–Kier alpha value is -2.34. The van der Waals surface area contributed by atoms with Crippen LogP contribution < -0.4 is 15.8 Å². The molecule has 2 aliphatic rings. The zero-order chi connectivity index (χ0) is 18.1. The van der Waals surface area contributed by atoms with Crippen LogP contribution in [0.25, 0.3) is 0 Å². The van der Waals surface area contributed by atoms with Gasteiger partial charge in [0.05, 0.1) is 5.69 Å². The van der Waals surface area contributed by atoms with E-state index >= 15 is 0 Å². The molecule has 0 saturated carbocycles. The molecule has 0 amide bonds. The van der Waals surface area contributed by atoms with Crippen molar-refractivity contribution in [2.45, 2.75) is 39.2 Å². The summed E-state index contributed by atoms with van der Waals surface area (Å²) in [6.45, 7) is 8.85. The molecule has 2 heterocycles. The van der Waals surface area contributed by atoms with Crippen LogP contribution in [0.4, 0.5) is 17.3 Å². The lowest BCUT2D eigenvalue weighted by atomic mass is 10.2. The van der Waals surface area contributed by atoms with Gasteiger partial charge in [0.1, 0.15) is 0 Å². The van der Waals surface area contributed by atoms with Crippen molar-refractivity contribution in [3.63, 3.8) is 0 Å². The van der Waals surface area contributed by atoms with Crippen LogP contribution in [0, 0.1) is 0 Å². The maximum Gasteiger partial charge on any atom is 0.255 e. The predicted octanol–water partition coefficient (Wildman–Crippen LogP) is 2.53. The van der Waals surface area contributed by atoms with Gasteiger partial charge >= 0.3 is 0 Å². The van der Waals surface area contributed by atoms with E-state index in [0.717, 1.165) is 62.4 Å². The molecule has 6 heteroatoms. The van der Waals surface area contributed by atoms with Crippen molar-refractivity contribution in [3.05, 3.63) is 45.9 Å². The highest BCUT2D eigenvalue weighted by Gasteiger charge is 2.19. The Morgan fingerprint density at radius 2 is 1.81 bits per heavy atom. The number of anilines is 3. The first-order valence-corrected chi connectivity index (χ1v) is 9.58. The molecule has 1 aliphatic heterocycles. The van der Waals surface area contributed by atoms with Crippen molar-refractivity contribution < 1.29 is 0 Å². The van der Waals surface area contributed by atoms with Gasteiger partial charge in [0.25, 0.3) is 5.56 Å². The molecule has 1 aliphatic carbocycles. The van der Waals surface area contributed by atoms with Crippen LogP contribution in [-0.4, -0.2) is 47.1 Å². The molecular formula is C20H27N5O. The SMILES string of the molecule is CC(C)N1CCN(c2ccc(Nc3nc4c(c(=O)[nH]3)CCC4)cc2)CC1. The number of hydrogen-bond acceptors (Lipinski definition) is 5. The molecule has 0 spiro atoms. The number of rotatable bonds is 4. The first-order valence-electron chi connectivity index (χ1n) is 9.58. The fraction of sp³-hybridized carbons (Fsp3) is 0.500. The second-order valence-corrected chi connectivity index (χ2v) is 7.48. The monoisotopic (exact) mass is 353 g/mol. The Bertz CT molecular complexity index is 819. The highest BCUT2D eigenvalue weighted by molar-refractivity contribution is 5.59. The van der Waals surface area contributed by atoms with Gasteiger partial charge in [0, 0.05) is 49.2 Å². The number of hydrogen-bond donors (Lipinski definition) is 2. The largest absolute Gasteiger partial charge is 0.369 e. The number of piperazine rings is 1. The lowest BCUT2D eigenvalue weighted by molar-refractivity contribution is 0.209. The summed E-state index contributed by atoms with van der Waals surface area (Å²) in [6.07, 6.45) is 2.76. The number of fused-ring (bicyclic) bond motifs is 1. The summed E-state index contributed by atoms with van der Waals surface area (Å²) in [5, 5.41) is 3.23. The van der Waals surface area contributed by atoms with Crippen LogP contribution in [0.2, 0.25) is 0 Å². The van der Waals surface area contributed by atoms with Gasteiger partial charge in [-0.1, -0.05) is 0 Å². The van der Waals surface area contributed by atoms with E-state index in [9.17, 15) is 4.79 Å². The smallest absolute Gasteiger partial charge is 0.255 e. The molecule has 2 aromatic rings. The molecule has 6 nitrogen and oxygen atoms in total. The minimum Gasteiger partial charge on any atom is -0.369 e. The van der Waals surface area contributed by atoms with Crippen LogP contribution in [0.1, 0.15) is 31.5 Å². The number of H-pyrrole nitrogens is 1. The summed E-state index contributed by atoms with van der Waals surface area (Å²) in [6, 6.07) is 9.00. The van der Waals surface area contributed by atoms with Gasteiger partial charge in [-0.05, 0) is 57.4 Å². The maximum atomic E-state index is 12.1. The van der Waals surface area contributed by atoms with Crippen LogP contribution >= 0.6 is 0 Å². The summed E-state index contributed by atoms with van der Waals surface area (Å²) in [5.74, 6) is 0.536. The van der Waals surface area contributed by atoms with E-state index in [1.165, 1.54) is 5.69 Å². The topological polar surface area (TPSA) is 64.3 Å². The zero-order valence-corrected chi connectivity index (χ0v) is 15.6. The second kappa shape index (κ2) is 7.11. The van der Waals surface area contributed by atoms with Gasteiger partial charge in [-0.3, -0.25) is 14.7 Å². The van der Waals surface area contributed by atoms with Gasteiger partial charge in [-0.15, -0.1) is 0 Å². The molecule has 1 aromatic heterocycles. The highest BCUT2D eigenvalue weighted by atomic mass is 16.1. The molecule has 26 heavy (non-hydrogen) atoms. The summed E-state index contributed by atoms with van der Waals surface area (Å²) in [4.78, 5) is 24.5. The van der Waals surface area contributed by atoms with Crippen molar-refractivity contribution in [1.29, 1.82) is 0 Å². The Labute approximate surface area is 154 Å². The van der Waals surface area contributed by atoms with E-state index in [4.69, 9.17) is 0 Å². The van der Waals surface area contributed by atoms with Crippen molar-refractivity contribution in [2.75, 3.05) is 36.4 Å². The van der Waals surface area contributed by atoms with Crippen molar-refractivity contribution in [3.8, 4) is 0 Å². The zero-order valence-electron chi connectivity index (χ0n) is 15.6. The summed E-state index contributed by atoms with van der Waals surface area (Å²) in [7, 11) is 0. The Morgan fingerprint density at radius 1 is 1.08 bits per heavy atom. The van der Waals surface area contributed by atoms with Gasteiger partial charge in [0.15, 0.2) is 0 Å². The molecule has 1 aromatic carbocycles. The lowest BCUT2D eigenvalue weighted by Crippen LogP contribution is -2.48. The summed E-state index contributed by atoms with van der Waals surface area (Å²) >= 11 is 0. The number of nitrogens with one attached hydrogen (secondary N) is 2. The third-order valence-corrected chi connectivity index (χ3v) is 5.48. The van der Waals surface area contributed by atoms with Crippen LogP contribution in [-0.2, 0) is 12.8 Å². The molecule has 138 valence electrons. The third kappa shape index (κ3) is 3.46. The summed E-state index contributed by atoms with van der Waals surface area (Å²) in [5.41, 5.74) is 3.97. The van der Waals surface area contributed by atoms with Crippen molar-refractivity contribution in [1.82, 2.24) is 14.9 Å². The maximum absolute atomic E-state index is 12.1. The molecule has 0 radical (unpaired) electrons. The van der Waals surface area contributed by atoms with Crippen molar-refractivity contribution >= 4 is 17.3 Å². The average Bonchev–Trinajstić information content (AvgIpc) is 3.12. The molecule has 2 N–H and O–H groups in total. The highest BCUT2D eigenvalue weighted by Crippen LogP contribution is 2.22. The number of aromatic nitrogens is 2. The van der Waals surface area contributed by atoms with E-state index in [0.29, 0.717) is 12.0 Å². The molecular weight excluding hydrogens is 326 g/mol. The molecule has 0 atom stereocenters. The van der Waals surface area contributed by atoms with E-state index in [1.54, 1.807) is 0 Å². The number of benzene rings is 1. The van der Waals surface area contributed by atoms with E-state index in [1.807, 2.05) is 0 Å². The van der Waals surface area contributed by atoms with Crippen LogP contribution in [0.3, 0.4) is 0 Å². The number of aromatic amines is 1. The molecule has 1 saturated heterocycles. The minimum absolute atomic E-state index is 0.00496. The van der Waals surface area contributed by atoms with E-state index in [-0.39, 0.29) is 5.56 Å². The quantitative estimate of drug-likeness (QED) is 0.884.